The topological polar surface area (TPSA) is 86.6 Å². The summed E-state index contributed by atoms with van der Waals surface area (Å²) < 4.78 is 3.49. The van der Waals surface area contributed by atoms with Gasteiger partial charge in [0.2, 0.25) is 0 Å². The van der Waals surface area contributed by atoms with Gasteiger partial charge in [0.25, 0.3) is 0 Å². The van der Waals surface area contributed by atoms with Gasteiger partial charge in [-0.05, 0) is 5.92 Å². The van der Waals surface area contributed by atoms with Crippen LogP contribution in [0.3, 0.4) is 0 Å². The molecule has 0 radical (unpaired) electrons. The molecule has 0 atom stereocenters. The Hall–Kier alpha value is -2.05. The summed E-state index contributed by atoms with van der Waals surface area (Å²) in [7, 11) is 3.75. The van der Waals surface area contributed by atoms with Crippen LogP contribution in [-0.2, 0) is 20.5 Å². The molecule has 0 spiro atoms. The Morgan fingerprint density at radius 3 is 2.58 bits per heavy atom. The fraction of sp³-hybridized carbons (Fsp3) is 0.583. The number of nitrogens with one attached hydrogen (secondary N) is 1. The van der Waals surface area contributed by atoms with Gasteiger partial charge < -0.3 is 11.1 Å². The van der Waals surface area contributed by atoms with Gasteiger partial charge in [-0.3, -0.25) is 9.36 Å². The molecule has 2 rings (SSSR count). The minimum absolute atomic E-state index is 0.319. The average Bonchev–Trinajstić information content (AvgIpc) is 2.87. The third kappa shape index (κ3) is 2.86. The molecule has 0 fully saturated rings. The lowest BCUT2D eigenvalue weighted by Crippen LogP contribution is -2.11. The molecule has 2 aromatic rings. The van der Waals surface area contributed by atoms with Crippen molar-refractivity contribution in [3.05, 3.63) is 17.8 Å². The van der Waals surface area contributed by atoms with Crippen LogP contribution in [0.4, 0.5) is 11.5 Å². The van der Waals surface area contributed by atoms with Gasteiger partial charge in [-0.1, -0.05) is 13.8 Å². The number of anilines is 2. The summed E-state index contributed by atoms with van der Waals surface area (Å²) in [5.41, 5.74) is 7.77. The molecule has 0 saturated heterocycles. The van der Waals surface area contributed by atoms with Crippen LogP contribution in [0.15, 0.2) is 6.33 Å². The number of rotatable bonds is 5. The van der Waals surface area contributed by atoms with E-state index in [0.29, 0.717) is 5.92 Å². The molecule has 0 aromatic carbocycles. The second-order valence-corrected chi connectivity index (χ2v) is 4.94. The van der Waals surface area contributed by atoms with Gasteiger partial charge in [0.1, 0.15) is 12.1 Å². The van der Waals surface area contributed by atoms with E-state index >= 15 is 0 Å². The van der Waals surface area contributed by atoms with Gasteiger partial charge in [0.15, 0.2) is 5.82 Å². The molecule has 2 heterocycles. The second-order valence-electron chi connectivity index (χ2n) is 4.94. The van der Waals surface area contributed by atoms with Crippen LogP contribution in [-0.4, -0.2) is 31.1 Å². The molecule has 0 bridgehead atoms. The van der Waals surface area contributed by atoms with E-state index in [0.717, 1.165) is 36.0 Å². The first-order valence-electron chi connectivity index (χ1n) is 6.39. The van der Waals surface area contributed by atoms with Gasteiger partial charge in [-0.25, -0.2) is 4.98 Å². The second kappa shape index (κ2) is 5.29. The van der Waals surface area contributed by atoms with Crippen molar-refractivity contribution in [2.24, 2.45) is 14.1 Å². The molecule has 0 amide bonds. The lowest BCUT2D eigenvalue weighted by atomic mass is 10.1. The molecule has 0 saturated carbocycles. The highest BCUT2D eigenvalue weighted by Crippen LogP contribution is 2.27. The standard InChI is InChI=1S/C12H21N7/c1-8(2)11-10(13)12(19(4)17-11)14-6-5-9-15-7-18(3)16-9/h7-8,14H,5-6,13H2,1-4H3. The zero-order valence-corrected chi connectivity index (χ0v) is 11.9. The quantitative estimate of drug-likeness (QED) is 0.837. The Labute approximate surface area is 112 Å². The van der Waals surface area contributed by atoms with Gasteiger partial charge in [0.05, 0.1) is 11.4 Å². The lowest BCUT2D eigenvalue weighted by Gasteiger charge is -2.06. The molecule has 7 nitrogen and oxygen atoms in total. The molecule has 0 aliphatic carbocycles. The van der Waals surface area contributed by atoms with E-state index in [4.69, 9.17) is 5.73 Å². The van der Waals surface area contributed by atoms with E-state index in [-0.39, 0.29) is 0 Å². The number of nitrogens with two attached hydrogens (primary N) is 1. The van der Waals surface area contributed by atoms with Crippen molar-refractivity contribution in [2.75, 3.05) is 17.6 Å². The zero-order valence-electron chi connectivity index (χ0n) is 11.9. The Morgan fingerprint density at radius 2 is 2.05 bits per heavy atom. The van der Waals surface area contributed by atoms with Crippen molar-refractivity contribution in [1.82, 2.24) is 24.5 Å². The third-order valence-electron chi connectivity index (χ3n) is 2.95. The number of nitrogen functional groups attached to an aromatic ring is 1. The van der Waals surface area contributed by atoms with Gasteiger partial charge in [-0.2, -0.15) is 10.2 Å². The van der Waals surface area contributed by atoms with Gasteiger partial charge >= 0.3 is 0 Å². The molecule has 0 aliphatic heterocycles. The van der Waals surface area contributed by atoms with Crippen molar-refractivity contribution in [2.45, 2.75) is 26.2 Å². The highest BCUT2D eigenvalue weighted by molar-refractivity contribution is 5.65. The van der Waals surface area contributed by atoms with Crippen molar-refractivity contribution < 1.29 is 0 Å². The maximum atomic E-state index is 6.11. The van der Waals surface area contributed by atoms with Crippen LogP contribution in [0.1, 0.15) is 31.3 Å². The minimum atomic E-state index is 0.319. The number of nitrogens with zero attached hydrogens (tertiary/aromatic N) is 5. The van der Waals surface area contributed by atoms with E-state index in [1.165, 1.54) is 0 Å². The number of aromatic nitrogens is 5. The Bertz CT molecular complexity index is 552. The van der Waals surface area contributed by atoms with Crippen LogP contribution in [0.5, 0.6) is 0 Å². The summed E-state index contributed by atoms with van der Waals surface area (Å²) in [5.74, 6) is 2.00. The van der Waals surface area contributed by atoms with Crippen LogP contribution in [0, 0.1) is 0 Å². The summed E-state index contributed by atoms with van der Waals surface area (Å²) in [4.78, 5) is 4.18. The lowest BCUT2D eigenvalue weighted by molar-refractivity contribution is 0.712. The number of hydrogen-bond donors (Lipinski definition) is 2. The smallest absolute Gasteiger partial charge is 0.152 e. The summed E-state index contributed by atoms with van der Waals surface area (Å²) in [5, 5.41) is 12.0. The molecular weight excluding hydrogens is 242 g/mol. The first-order chi connectivity index (χ1) is 8.99. The summed E-state index contributed by atoms with van der Waals surface area (Å²) >= 11 is 0. The van der Waals surface area contributed by atoms with E-state index in [9.17, 15) is 0 Å². The maximum absolute atomic E-state index is 6.11. The normalized spacial score (nSPS) is 11.2. The van der Waals surface area contributed by atoms with Crippen molar-refractivity contribution in [1.29, 1.82) is 0 Å². The van der Waals surface area contributed by atoms with E-state index in [1.807, 2.05) is 14.1 Å². The largest absolute Gasteiger partial charge is 0.394 e. The van der Waals surface area contributed by atoms with Crippen molar-refractivity contribution in [3.63, 3.8) is 0 Å². The molecule has 104 valence electrons. The fourth-order valence-corrected chi connectivity index (χ4v) is 1.99. The monoisotopic (exact) mass is 263 g/mol. The predicted octanol–water partition coefficient (Wildman–Crippen LogP) is 0.909. The molecule has 3 N–H and O–H groups in total. The Kier molecular flexibility index (Phi) is 3.73. The van der Waals surface area contributed by atoms with Crippen LogP contribution >= 0.6 is 0 Å². The zero-order chi connectivity index (χ0) is 14.0. The maximum Gasteiger partial charge on any atom is 0.152 e. The number of hydrogen-bond acceptors (Lipinski definition) is 5. The van der Waals surface area contributed by atoms with E-state index in [1.54, 1.807) is 15.7 Å². The van der Waals surface area contributed by atoms with E-state index < -0.39 is 0 Å². The Morgan fingerprint density at radius 1 is 1.32 bits per heavy atom. The first kappa shape index (κ1) is 13.4. The SMILES string of the molecule is CC(C)c1nn(C)c(NCCc2ncn(C)n2)c1N. The summed E-state index contributed by atoms with van der Waals surface area (Å²) in [6.45, 7) is 4.89. The minimum Gasteiger partial charge on any atom is -0.394 e. The highest BCUT2D eigenvalue weighted by atomic mass is 15.3. The molecule has 0 aliphatic rings. The van der Waals surface area contributed by atoms with Crippen molar-refractivity contribution >= 4 is 11.5 Å². The van der Waals surface area contributed by atoms with Gasteiger partial charge in [-0.15, -0.1) is 0 Å². The van der Waals surface area contributed by atoms with Crippen molar-refractivity contribution in [3.8, 4) is 0 Å². The third-order valence-corrected chi connectivity index (χ3v) is 2.95. The first-order valence-corrected chi connectivity index (χ1v) is 6.39. The van der Waals surface area contributed by atoms with Crippen LogP contribution in [0.2, 0.25) is 0 Å². The highest BCUT2D eigenvalue weighted by Gasteiger charge is 2.15. The summed E-state index contributed by atoms with van der Waals surface area (Å²) in [6, 6.07) is 0. The molecule has 2 aromatic heterocycles. The van der Waals surface area contributed by atoms with Crippen LogP contribution in [0.25, 0.3) is 0 Å². The fourth-order valence-electron chi connectivity index (χ4n) is 1.99. The molecule has 19 heavy (non-hydrogen) atoms. The average molecular weight is 263 g/mol. The Balaban J connectivity index is 2.00. The molecule has 7 heteroatoms. The molecule has 0 unspecified atom stereocenters. The predicted molar refractivity (Wildman–Crippen MR) is 74.9 cm³/mol. The summed E-state index contributed by atoms with van der Waals surface area (Å²) in [6.07, 6.45) is 2.45. The number of aryl methyl sites for hydroxylation is 2. The molecular formula is C12H21N7. The van der Waals surface area contributed by atoms with Gasteiger partial charge in [0, 0.05) is 27.1 Å². The van der Waals surface area contributed by atoms with Crippen LogP contribution < -0.4 is 11.1 Å². The van der Waals surface area contributed by atoms with E-state index in [2.05, 4.69) is 34.3 Å².